The second-order valence-corrected chi connectivity index (χ2v) is 7.50. The van der Waals surface area contributed by atoms with Crippen LogP contribution in [0.1, 0.15) is 30.5 Å². The molecule has 0 saturated carbocycles. The van der Waals surface area contributed by atoms with Gasteiger partial charge >= 0.3 is 5.91 Å². The minimum atomic E-state index is -0.846. The topological polar surface area (TPSA) is 89.0 Å². The van der Waals surface area contributed by atoms with Crippen molar-refractivity contribution in [2.45, 2.75) is 19.4 Å². The summed E-state index contributed by atoms with van der Waals surface area (Å²) in [5, 5.41) is 11.2. The molecule has 0 spiro atoms. The van der Waals surface area contributed by atoms with Crippen LogP contribution in [-0.4, -0.2) is 35.5 Å². The number of pyridine rings is 1. The van der Waals surface area contributed by atoms with E-state index in [1.807, 2.05) is 6.92 Å². The van der Waals surface area contributed by atoms with E-state index >= 15 is 0 Å². The van der Waals surface area contributed by atoms with Crippen LogP contribution in [0.2, 0.25) is 0 Å². The summed E-state index contributed by atoms with van der Waals surface area (Å²) < 4.78 is 10.8. The number of benzene rings is 2. The molecule has 7 nitrogen and oxygen atoms in total. The number of ketones is 1. The number of Topliss-reactive ketones (excluding diaryl/α,β-unsaturated/α-hetero) is 1. The number of aliphatic hydroxyl groups is 1. The first-order chi connectivity index (χ1) is 16.0. The van der Waals surface area contributed by atoms with Gasteiger partial charge in [0.05, 0.1) is 25.3 Å². The van der Waals surface area contributed by atoms with E-state index in [0.29, 0.717) is 35.1 Å². The highest BCUT2D eigenvalue weighted by atomic mass is 16.5. The number of anilines is 1. The van der Waals surface area contributed by atoms with Crippen molar-refractivity contribution in [2.75, 3.05) is 18.6 Å². The molecule has 1 aromatic heterocycles. The van der Waals surface area contributed by atoms with Crippen molar-refractivity contribution in [3.8, 4) is 11.5 Å². The van der Waals surface area contributed by atoms with Crippen molar-refractivity contribution in [3.05, 3.63) is 89.6 Å². The van der Waals surface area contributed by atoms with Gasteiger partial charge in [-0.15, -0.1) is 0 Å². The van der Waals surface area contributed by atoms with Gasteiger partial charge in [-0.25, -0.2) is 4.98 Å². The molecule has 2 heterocycles. The summed E-state index contributed by atoms with van der Waals surface area (Å²) in [4.78, 5) is 31.8. The number of aromatic nitrogens is 1. The number of amides is 1. The number of aliphatic hydroxyl groups excluding tert-OH is 1. The number of methoxy groups -OCH3 is 1. The lowest BCUT2D eigenvalue weighted by Gasteiger charge is -2.24. The van der Waals surface area contributed by atoms with Gasteiger partial charge in [-0.3, -0.25) is 14.5 Å². The fraction of sp³-hybridized carbons (Fsp3) is 0.192. The number of hydrogen-bond donors (Lipinski definition) is 1. The van der Waals surface area contributed by atoms with Gasteiger partial charge in [0.1, 0.15) is 23.1 Å². The Morgan fingerprint density at radius 2 is 1.70 bits per heavy atom. The first kappa shape index (κ1) is 22.1. The maximum atomic E-state index is 13.1. The number of ether oxygens (including phenoxy) is 2. The van der Waals surface area contributed by atoms with Crippen molar-refractivity contribution in [2.24, 2.45) is 0 Å². The second-order valence-electron chi connectivity index (χ2n) is 7.50. The van der Waals surface area contributed by atoms with E-state index in [1.165, 1.54) is 4.90 Å². The van der Waals surface area contributed by atoms with Crippen molar-refractivity contribution in [1.29, 1.82) is 0 Å². The van der Waals surface area contributed by atoms with Crippen LogP contribution in [0.3, 0.4) is 0 Å². The molecule has 1 N–H and O–H groups in total. The Morgan fingerprint density at radius 1 is 1.00 bits per heavy atom. The van der Waals surface area contributed by atoms with Crippen LogP contribution in [0, 0.1) is 0 Å². The molecular formula is C26H24N2O5. The smallest absolute Gasteiger partial charge is 0.301 e. The number of nitrogens with zero attached hydrogens (tertiary/aromatic N) is 2. The van der Waals surface area contributed by atoms with Crippen LogP contribution in [-0.2, 0) is 9.59 Å². The van der Waals surface area contributed by atoms with E-state index in [9.17, 15) is 14.7 Å². The van der Waals surface area contributed by atoms with Gasteiger partial charge in [0.25, 0.3) is 5.78 Å². The summed E-state index contributed by atoms with van der Waals surface area (Å²) in [5.74, 6) is -0.160. The van der Waals surface area contributed by atoms with Gasteiger partial charge in [-0.05, 0) is 60.5 Å². The molecule has 2 aromatic carbocycles. The van der Waals surface area contributed by atoms with Crippen LogP contribution >= 0.6 is 0 Å². The van der Waals surface area contributed by atoms with E-state index in [4.69, 9.17) is 9.47 Å². The molecule has 1 aliphatic rings. The third kappa shape index (κ3) is 4.30. The SMILES string of the molecule is CCCOc1ccc(/C(O)=C2\C(=O)C(=O)N(c3ccccn3)[C@H]2c2ccc(OC)cc2)cc1. The average molecular weight is 444 g/mol. The molecule has 0 radical (unpaired) electrons. The predicted octanol–water partition coefficient (Wildman–Crippen LogP) is 4.51. The zero-order valence-electron chi connectivity index (χ0n) is 18.4. The standard InChI is InChI=1S/C26H24N2O5/c1-3-16-33-20-13-9-18(10-14-20)24(29)22-23(17-7-11-19(32-2)12-8-17)28(26(31)25(22)30)21-6-4-5-15-27-21/h4-15,23,29H,3,16H2,1-2H3/b24-22+/t23-/m0/s1. The highest BCUT2D eigenvalue weighted by Gasteiger charge is 2.47. The molecule has 33 heavy (non-hydrogen) atoms. The Bertz CT molecular complexity index is 1170. The van der Waals surface area contributed by atoms with Crippen LogP contribution in [0.25, 0.3) is 5.76 Å². The lowest BCUT2D eigenvalue weighted by molar-refractivity contribution is -0.132. The van der Waals surface area contributed by atoms with Gasteiger partial charge in [-0.1, -0.05) is 25.1 Å². The first-order valence-electron chi connectivity index (χ1n) is 10.6. The summed E-state index contributed by atoms with van der Waals surface area (Å²) in [6.07, 6.45) is 2.43. The van der Waals surface area contributed by atoms with E-state index < -0.39 is 17.7 Å². The van der Waals surface area contributed by atoms with Crippen LogP contribution in [0.5, 0.6) is 11.5 Å². The average Bonchev–Trinajstić information content (AvgIpc) is 3.13. The van der Waals surface area contributed by atoms with E-state index in [1.54, 1.807) is 80.0 Å². The quantitative estimate of drug-likeness (QED) is 0.328. The minimum Gasteiger partial charge on any atom is -0.507 e. The Kier molecular flexibility index (Phi) is 6.40. The Labute approximate surface area is 191 Å². The molecule has 1 atom stereocenters. The Morgan fingerprint density at radius 3 is 2.30 bits per heavy atom. The van der Waals surface area contributed by atoms with Gasteiger partial charge < -0.3 is 14.6 Å². The molecule has 4 rings (SSSR count). The first-order valence-corrected chi connectivity index (χ1v) is 10.6. The predicted molar refractivity (Wildman–Crippen MR) is 124 cm³/mol. The molecule has 0 unspecified atom stereocenters. The van der Waals surface area contributed by atoms with Gasteiger partial charge in [-0.2, -0.15) is 0 Å². The molecule has 1 aliphatic heterocycles. The van der Waals surface area contributed by atoms with Gasteiger partial charge in [0.15, 0.2) is 0 Å². The van der Waals surface area contributed by atoms with E-state index in [0.717, 1.165) is 6.42 Å². The van der Waals surface area contributed by atoms with E-state index in [2.05, 4.69) is 4.98 Å². The zero-order valence-corrected chi connectivity index (χ0v) is 18.4. The molecule has 0 bridgehead atoms. The maximum Gasteiger partial charge on any atom is 0.301 e. The fourth-order valence-electron chi connectivity index (χ4n) is 3.75. The number of carbonyl (C=O) groups excluding carboxylic acids is 2. The van der Waals surface area contributed by atoms with Gasteiger partial charge in [0, 0.05) is 11.8 Å². The normalized spacial score (nSPS) is 17.3. The largest absolute Gasteiger partial charge is 0.507 e. The van der Waals surface area contributed by atoms with Crippen molar-refractivity contribution in [1.82, 2.24) is 4.98 Å². The van der Waals surface area contributed by atoms with Crippen molar-refractivity contribution in [3.63, 3.8) is 0 Å². The summed E-state index contributed by atoms with van der Waals surface area (Å²) in [5.41, 5.74) is 1.06. The summed E-state index contributed by atoms with van der Waals surface area (Å²) in [6.45, 7) is 2.60. The second kappa shape index (κ2) is 9.56. The number of rotatable bonds is 7. The minimum absolute atomic E-state index is 0.00181. The molecule has 1 saturated heterocycles. The van der Waals surface area contributed by atoms with Gasteiger partial charge in [0.2, 0.25) is 0 Å². The monoisotopic (exact) mass is 444 g/mol. The number of carbonyl (C=O) groups is 2. The molecule has 1 fully saturated rings. The summed E-state index contributed by atoms with van der Waals surface area (Å²) in [6, 6.07) is 18.1. The summed E-state index contributed by atoms with van der Waals surface area (Å²) >= 11 is 0. The molecule has 0 aliphatic carbocycles. The highest BCUT2D eigenvalue weighted by molar-refractivity contribution is 6.51. The lowest BCUT2D eigenvalue weighted by atomic mass is 9.95. The van der Waals surface area contributed by atoms with E-state index in [-0.39, 0.29) is 11.3 Å². The molecular weight excluding hydrogens is 420 g/mol. The highest BCUT2D eigenvalue weighted by Crippen LogP contribution is 2.41. The Hall–Kier alpha value is -4.13. The molecule has 7 heteroatoms. The fourth-order valence-corrected chi connectivity index (χ4v) is 3.75. The molecule has 1 amide bonds. The Balaban J connectivity index is 1.83. The molecule has 3 aromatic rings. The van der Waals surface area contributed by atoms with Crippen LogP contribution in [0.15, 0.2) is 78.5 Å². The van der Waals surface area contributed by atoms with Crippen LogP contribution in [0.4, 0.5) is 5.82 Å². The third-order valence-electron chi connectivity index (χ3n) is 5.37. The summed E-state index contributed by atoms with van der Waals surface area (Å²) in [7, 11) is 1.56. The lowest BCUT2D eigenvalue weighted by Crippen LogP contribution is -2.30. The zero-order chi connectivity index (χ0) is 23.4. The third-order valence-corrected chi connectivity index (χ3v) is 5.37. The maximum absolute atomic E-state index is 13.1. The molecule has 168 valence electrons. The van der Waals surface area contributed by atoms with Crippen molar-refractivity contribution >= 4 is 23.3 Å². The van der Waals surface area contributed by atoms with Crippen LogP contribution < -0.4 is 14.4 Å². The van der Waals surface area contributed by atoms with Crippen molar-refractivity contribution < 1.29 is 24.2 Å². The number of hydrogen-bond acceptors (Lipinski definition) is 6.